The van der Waals surface area contributed by atoms with Gasteiger partial charge in [0.05, 0.1) is 5.56 Å². The molecule has 0 radical (unpaired) electrons. The maximum atomic E-state index is 13.1. The molecule has 0 aliphatic rings. The normalized spacial score (nSPS) is 11.2. The number of amides is 1. The smallest absolute Gasteiger partial charge is 0.344 e. The van der Waals surface area contributed by atoms with Crippen LogP contribution < -0.4 is 10.9 Å². The monoisotopic (exact) mass is 486 g/mol. The second-order valence-electron chi connectivity index (χ2n) is 8.78. The zero-order valence-electron chi connectivity index (χ0n) is 20.0. The lowest BCUT2D eigenvalue weighted by molar-refractivity contribution is 0.102. The molecular formula is C31H22N2O4. The van der Waals surface area contributed by atoms with Gasteiger partial charge in [0, 0.05) is 22.2 Å². The highest BCUT2D eigenvalue weighted by Crippen LogP contribution is 2.28. The van der Waals surface area contributed by atoms with Gasteiger partial charge in [0.25, 0.3) is 5.91 Å². The number of fused-ring (bicyclic) bond motifs is 2. The Labute approximate surface area is 212 Å². The first-order valence-corrected chi connectivity index (χ1v) is 12.0. The fraction of sp³-hybridized carbons (Fsp3) is 0.0645. The van der Waals surface area contributed by atoms with E-state index in [0.717, 1.165) is 28.5 Å². The third kappa shape index (κ3) is 4.41. The third-order valence-electron chi connectivity index (χ3n) is 6.30. The van der Waals surface area contributed by atoms with Gasteiger partial charge >= 0.3 is 5.63 Å². The number of hydrogen-bond donors (Lipinski definition) is 1. The molecule has 37 heavy (non-hydrogen) atoms. The van der Waals surface area contributed by atoms with Gasteiger partial charge in [-0.1, -0.05) is 49.4 Å². The summed E-state index contributed by atoms with van der Waals surface area (Å²) in [7, 11) is 0. The van der Waals surface area contributed by atoms with Crippen molar-refractivity contribution in [3.8, 4) is 22.6 Å². The summed E-state index contributed by atoms with van der Waals surface area (Å²) in [5, 5.41) is 3.75. The predicted octanol–water partition coefficient (Wildman–Crippen LogP) is 7.08. The van der Waals surface area contributed by atoms with Gasteiger partial charge in [-0.15, -0.1) is 0 Å². The Morgan fingerprint density at radius 2 is 1.65 bits per heavy atom. The van der Waals surface area contributed by atoms with Crippen LogP contribution in [0.4, 0.5) is 5.69 Å². The Bertz CT molecular complexity index is 1850. The molecule has 2 aromatic heterocycles. The molecule has 6 nitrogen and oxygen atoms in total. The zero-order chi connectivity index (χ0) is 25.4. The molecule has 4 aromatic carbocycles. The van der Waals surface area contributed by atoms with Crippen LogP contribution in [0.1, 0.15) is 22.8 Å². The van der Waals surface area contributed by atoms with Crippen molar-refractivity contribution in [1.82, 2.24) is 4.98 Å². The first-order chi connectivity index (χ1) is 18.1. The van der Waals surface area contributed by atoms with Crippen molar-refractivity contribution in [1.29, 1.82) is 0 Å². The fourth-order valence-electron chi connectivity index (χ4n) is 4.34. The molecule has 0 fully saturated rings. The largest absolute Gasteiger partial charge is 0.436 e. The number of hydrogen-bond acceptors (Lipinski definition) is 5. The quantitative estimate of drug-likeness (QED) is 0.263. The number of rotatable bonds is 5. The van der Waals surface area contributed by atoms with Gasteiger partial charge in [-0.2, -0.15) is 0 Å². The van der Waals surface area contributed by atoms with E-state index >= 15 is 0 Å². The van der Waals surface area contributed by atoms with Gasteiger partial charge in [-0.3, -0.25) is 4.79 Å². The molecule has 6 aromatic rings. The molecule has 0 aliphatic heterocycles. The van der Waals surface area contributed by atoms with E-state index in [1.54, 1.807) is 42.5 Å². The van der Waals surface area contributed by atoms with E-state index in [2.05, 4.69) is 17.2 Å². The minimum atomic E-state index is -0.451. The van der Waals surface area contributed by atoms with Gasteiger partial charge in [-0.05, 0) is 72.1 Å². The summed E-state index contributed by atoms with van der Waals surface area (Å²) >= 11 is 0. The van der Waals surface area contributed by atoms with Crippen LogP contribution in [0.25, 0.3) is 44.7 Å². The van der Waals surface area contributed by atoms with Crippen molar-refractivity contribution in [2.45, 2.75) is 13.3 Å². The lowest BCUT2D eigenvalue weighted by Gasteiger charge is -2.08. The Kier molecular flexibility index (Phi) is 5.62. The first kappa shape index (κ1) is 22.5. The van der Waals surface area contributed by atoms with Gasteiger partial charge in [0.15, 0.2) is 5.58 Å². The summed E-state index contributed by atoms with van der Waals surface area (Å²) in [6, 6.07) is 29.4. The third-order valence-corrected chi connectivity index (χ3v) is 6.30. The average Bonchev–Trinajstić information content (AvgIpc) is 3.36. The highest BCUT2D eigenvalue weighted by molar-refractivity contribution is 6.05. The van der Waals surface area contributed by atoms with Crippen molar-refractivity contribution in [2.75, 3.05) is 5.32 Å². The van der Waals surface area contributed by atoms with Gasteiger partial charge in [0.2, 0.25) is 5.89 Å². The van der Waals surface area contributed by atoms with E-state index in [1.807, 2.05) is 54.6 Å². The van der Waals surface area contributed by atoms with E-state index in [4.69, 9.17) is 8.83 Å². The zero-order valence-corrected chi connectivity index (χ0v) is 20.0. The molecule has 2 heterocycles. The molecule has 1 N–H and O–H groups in total. The van der Waals surface area contributed by atoms with Crippen LogP contribution in [0.15, 0.2) is 111 Å². The van der Waals surface area contributed by atoms with E-state index in [0.29, 0.717) is 33.9 Å². The van der Waals surface area contributed by atoms with E-state index in [-0.39, 0.29) is 5.91 Å². The highest BCUT2D eigenvalue weighted by atomic mass is 16.4. The highest BCUT2D eigenvalue weighted by Gasteiger charge is 2.13. The SMILES string of the molecule is CCc1ccc2oc(-c3cccc(NC(=O)c4cccc(-c5cc6ccccc6oc5=O)c4)c3)nc2c1. The number of benzene rings is 4. The minimum absolute atomic E-state index is 0.297. The number of carbonyl (C=O) groups is 1. The minimum Gasteiger partial charge on any atom is -0.436 e. The maximum absolute atomic E-state index is 13.1. The maximum Gasteiger partial charge on any atom is 0.344 e. The van der Waals surface area contributed by atoms with Crippen LogP contribution in [0, 0.1) is 0 Å². The molecule has 0 saturated heterocycles. The fourth-order valence-corrected chi connectivity index (χ4v) is 4.34. The number of oxazole rings is 1. The summed E-state index contributed by atoms with van der Waals surface area (Å²) in [6.07, 6.45) is 0.923. The number of carbonyl (C=O) groups excluding carboxylic acids is 1. The molecule has 6 heteroatoms. The molecule has 0 atom stereocenters. The molecule has 1 amide bonds. The van der Waals surface area contributed by atoms with Gasteiger partial charge in [-0.25, -0.2) is 9.78 Å². The number of aromatic nitrogens is 1. The average molecular weight is 487 g/mol. The lowest BCUT2D eigenvalue weighted by Crippen LogP contribution is -2.12. The number of aryl methyl sites for hydroxylation is 1. The Morgan fingerprint density at radius 1 is 0.811 bits per heavy atom. The Hall–Kier alpha value is -4.97. The standard InChI is InChI=1S/C31H22N2O4/c1-2-19-13-14-28-26(15-19)33-30(36-28)23-10-6-11-24(17-23)32-29(34)22-9-5-8-20(16-22)25-18-21-7-3-4-12-27(21)37-31(25)35/h3-18H,2H2,1H3,(H,32,34). The van der Waals surface area contributed by atoms with Crippen molar-refractivity contribution in [2.24, 2.45) is 0 Å². The number of nitrogens with zero attached hydrogens (tertiary/aromatic N) is 1. The number of nitrogens with one attached hydrogen (secondary N) is 1. The first-order valence-electron chi connectivity index (χ1n) is 12.0. The van der Waals surface area contributed by atoms with Crippen LogP contribution in [-0.2, 0) is 6.42 Å². The molecule has 0 spiro atoms. The van der Waals surface area contributed by atoms with Crippen LogP contribution in [0.5, 0.6) is 0 Å². The van der Waals surface area contributed by atoms with E-state index in [9.17, 15) is 9.59 Å². The molecule has 0 saturated carbocycles. The summed E-state index contributed by atoms with van der Waals surface area (Å²) < 4.78 is 11.4. The second kappa shape index (κ2) is 9.24. The van der Waals surface area contributed by atoms with Crippen molar-refractivity contribution in [3.05, 3.63) is 119 Å². The van der Waals surface area contributed by atoms with E-state index < -0.39 is 5.63 Å². The summed E-state index contributed by atoms with van der Waals surface area (Å²) in [4.78, 5) is 30.3. The van der Waals surface area contributed by atoms with Gasteiger partial charge < -0.3 is 14.2 Å². The molecule has 6 rings (SSSR count). The number of para-hydroxylation sites is 1. The van der Waals surface area contributed by atoms with Crippen LogP contribution >= 0.6 is 0 Å². The Morgan fingerprint density at radius 3 is 2.54 bits per heavy atom. The number of anilines is 1. The topological polar surface area (TPSA) is 85.3 Å². The molecule has 0 aliphatic carbocycles. The van der Waals surface area contributed by atoms with Crippen molar-refractivity contribution in [3.63, 3.8) is 0 Å². The molecule has 0 unspecified atom stereocenters. The molecular weight excluding hydrogens is 464 g/mol. The van der Waals surface area contributed by atoms with Crippen LogP contribution in [0.2, 0.25) is 0 Å². The lowest BCUT2D eigenvalue weighted by atomic mass is 10.0. The van der Waals surface area contributed by atoms with Crippen LogP contribution in [0.3, 0.4) is 0 Å². The summed E-state index contributed by atoms with van der Waals surface area (Å²) in [6.45, 7) is 2.10. The molecule has 0 bridgehead atoms. The summed E-state index contributed by atoms with van der Waals surface area (Å²) in [5.41, 5.74) is 5.58. The van der Waals surface area contributed by atoms with Crippen molar-refractivity contribution < 1.29 is 13.6 Å². The van der Waals surface area contributed by atoms with Gasteiger partial charge in [0.1, 0.15) is 11.1 Å². The predicted molar refractivity (Wildman–Crippen MR) is 145 cm³/mol. The van der Waals surface area contributed by atoms with E-state index in [1.165, 1.54) is 5.56 Å². The van der Waals surface area contributed by atoms with Crippen LogP contribution in [-0.4, -0.2) is 10.9 Å². The molecule has 180 valence electrons. The van der Waals surface area contributed by atoms with Crippen molar-refractivity contribution >= 4 is 33.7 Å². The Balaban J connectivity index is 1.27. The summed E-state index contributed by atoms with van der Waals surface area (Å²) in [5.74, 6) is 0.193. The second-order valence-corrected chi connectivity index (χ2v) is 8.78.